The van der Waals surface area contributed by atoms with Crippen LogP contribution in [0.5, 0.6) is 5.75 Å². The van der Waals surface area contributed by atoms with Crippen LogP contribution in [0, 0.1) is 40.6 Å². The molecule has 0 saturated heterocycles. The third-order valence-corrected chi connectivity index (χ3v) is 7.48. The second kappa shape index (κ2) is 7.57. The molecule has 4 rings (SSSR count). The first-order valence-electron chi connectivity index (χ1n) is 9.11. The Kier molecular flexibility index (Phi) is 4.96. The van der Waals surface area contributed by atoms with Gasteiger partial charge >= 0.3 is 0 Å². The molecule has 3 heterocycles. The first-order chi connectivity index (χ1) is 14.1. The number of thiophene rings is 2. The number of fused-ring (bicyclic) bond motifs is 4. The van der Waals surface area contributed by atoms with E-state index in [1.54, 1.807) is 23.5 Å². The lowest BCUT2D eigenvalue weighted by atomic mass is 9.78. The van der Waals surface area contributed by atoms with E-state index in [2.05, 4.69) is 10.9 Å². The van der Waals surface area contributed by atoms with E-state index in [0.717, 1.165) is 56.5 Å². The SMILES string of the molecule is [C-]#[N+]/C(C#N)=C/c1cc2c(s1)-c1sc(C=C(C#N)C#N)cc1OC21CCCCC1. The fraction of sp³-hybridized carbons (Fsp3) is 0.273. The van der Waals surface area contributed by atoms with Gasteiger partial charge in [0.05, 0.1) is 22.4 Å². The van der Waals surface area contributed by atoms with E-state index >= 15 is 0 Å². The molecule has 0 bridgehead atoms. The molecule has 0 aromatic carbocycles. The number of ether oxygens (including phenoxy) is 1. The number of nitriles is 3. The van der Waals surface area contributed by atoms with E-state index in [9.17, 15) is 0 Å². The van der Waals surface area contributed by atoms with Crippen molar-refractivity contribution in [2.75, 3.05) is 0 Å². The number of allylic oxidation sites excluding steroid dienone is 2. The average Bonchev–Trinajstić information content (AvgIpc) is 3.35. The molecule has 0 radical (unpaired) electrons. The van der Waals surface area contributed by atoms with Crippen LogP contribution in [-0.4, -0.2) is 0 Å². The van der Waals surface area contributed by atoms with Gasteiger partial charge in [0.25, 0.3) is 5.70 Å². The van der Waals surface area contributed by atoms with E-state index in [-0.39, 0.29) is 16.9 Å². The third-order valence-electron chi connectivity index (χ3n) is 5.17. The van der Waals surface area contributed by atoms with Crippen molar-refractivity contribution in [1.82, 2.24) is 0 Å². The fourth-order valence-electron chi connectivity index (χ4n) is 3.90. The van der Waals surface area contributed by atoms with Crippen LogP contribution in [0.1, 0.15) is 47.4 Å². The normalized spacial score (nSPS) is 16.2. The van der Waals surface area contributed by atoms with Crippen LogP contribution < -0.4 is 4.74 Å². The van der Waals surface area contributed by atoms with E-state index < -0.39 is 0 Å². The van der Waals surface area contributed by atoms with Crippen LogP contribution in [0.15, 0.2) is 23.4 Å². The first-order valence-corrected chi connectivity index (χ1v) is 10.7. The molecule has 0 atom stereocenters. The van der Waals surface area contributed by atoms with Gasteiger partial charge in [-0.05, 0) is 50.0 Å². The van der Waals surface area contributed by atoms with Crippen LogP contribution in [0.25, 0.3) is 26.8 Å². The minimum absolute atomic E-state index is 0.0571. The van der Waals surface area contributed by atoms with Gasteiger partial charge in [0, 0.05) is 15.3 Å². The summed E-state index contributed by atoms with van der Waals surface area (Å²) in [6.07, 6.45) is 8.43. The van der Waals surface area contributed by atoms with Crippen molar-refractivity contribution < 1.29 is 4.74 Å². The summed E-state index contributed by atoms with van der Waals surface area (Å²) in [6, 6.07) is 9.68. The van der Waals surface area contributed by atoms with Gasteiger partial charge < -0.3 is 4.74 Å². The fourth-order valence-corrected chi connectivity index (χ4v) is 6.27. The number of hydrogen-bond donors (Lipinski definition) is 0. The Balaban J connectivity index is 1.87. The maximum atomic E-state index is 9.11. The summed E-state index contributed by atoms with van der Waals surface area (Å²) < 4.78 is 6.56. The zero-order valence-corrected chi connectivity index (χ0v) is 17.0. The van der Waals surface area contributed by atoms with Crippen molar-refractivity contribution in [1.29, 1.82) is 15.8 Å². The molecule has 0 N–H and O–H groups in total. The number of hydrogen-bond acceptors (Lipinski definition) is 6. The van der Waals surface area contributed by atoms with Crippen LogP contribution in [-0.2, 0) is 5.60 Å². The molecule has 1 aliphatic carbocycles. The molecule has 2 aromatic rings. The molecule has 0 amide bonds. The van der Waals surface area contributed by atoms with Gasteiger partial charge in [-0.1, -0.05) is 6.42 Å². The highest BCUT2D eigenvalue weighted by Gasteiger charge is 2.43. The molecular weight excluding hydrogens is 400 g/mol. The first kappa shape index (κ1) is 19.0. The summed E-state index contributed by atoms with van der Waals surface area (Å²) >= 11 is 3.05. The largest absolute Gasteiger partial charge is 0.481 e. The molecular formula is C22H14N4OS2. The van der Waals surface area contributed by atoms with Gasteiger partial charge in [-0.25, -0.2) is 10.1 Å². The maximum absolute atomic E-state index is 9.11. The Morgan fingerprint density at radius 2 is 1.69 bits per heavy atom. The van der Waals surface area contributed by atoms with Crippen molar-refractivity contribution in [3.63, 3.8) is 0 Å². The van der Waals surface area contributed by atoms with E-state index in [4.69, 9.17) is 27.1 Å². The van der Waals surface area contributed by atoms with E-state index in [1.807, 2.05) is 24.3 Å². The zero-order chi connectivity index (χ0) is 20.4. The predicted molar refractivity (Wildman–Crippen MR) is 112 cm³/mol. The smallest absolute Gasteiger partial charge is 0.263 e. The van der Waals surface area contributed by atoms with Crippen LogP contribution >= 0.6 is 22.7 Å². The zero-order valence-electron chi connectivity index (χ0n) is 15.4. The summed E-state index contributed by atoms with van der Waals surface area (Å²) in [5.41, 5.74) is 0.858. The van der Waals surface area contributed by atoms with E-state index in [0.29, 0.717) is 0 Å². The Hall–Kier alpha value is -3.36. The molecule has 1 spiro atoms. The van der Waals surface area contributed by atoms with Crippen molar-refractivity contribution in [2.24, 2.45) is 0 Å². The van der Waals surface area contributed by atoms with Crippen molar-refractivity contribution in [3.05, 3.63) is 50.1 Å². The van der Waals surface area contributed by atoms with Crippen molar-refractivity contribution in [3.8, 4) is 33.7 Å². The molecule has 29 heavy (non-hydrogen) atoms. The monoisotopic (exact) mass is 414 g/mol. The minimum atomic E-state index is -0.385. The topological polar surface area (TPSA) is 85.0 Å². The van der Waals surface area contributed by atoms with Gasteiger partial charge in [0.15, 0.2) is 0 Å². The minimum Gasteiger partial charge on any atom is -0.481 e. The van der Waals surface area contributed by atoms with Gasteiger partial charge in [-0.3, -0.25) is 0 Å². The lowest BCUT2D eigenvalue weighted by Gasteiger charge is -2.40. The lowest BCUT2D eigenvalue weighted by molar-refractivity contribution is 0.0251. The maximum Gasteiger partial charge on any atom is 0.263 e. The molecule has 1 saturated carbocycles. The van der Waals surface area contributed by atoms with Crippen molar-refractivity contribution in [2.45, 2.75) is 37.7 Å². The highest BCUT2D eigenvalue weighted by atomic mass is 32.1. The summed E-state index contributed by atoms with van der Waals surface area (Å²) in [5.74, 6) is 0.786. The van der Waals surface area contributed by atoms with E-state index in [1.165, 1.54) is 17.8 Å². The summed E-state index contributed by atoms with van der Waals surface area (Å²) in [6.45, 7) is 7.14. The summed E-state index contributed by atoms with van der Waals surface area (Å²) in [5, 5.41) is 27.2. The Bertz CT molecular complexity index is 1180. The quantitative estimate of drug-likeness (QED) is 0.430. The summed E-state index contributed by atoms with van der Waals surface area (Å²) in [4.78, 5) is 7.01. The molecule has 5 nitrogen and oxygen atoms in total. The average molecular weight is 415 g/mol. The Morgan fingerprint density at radius 1 is 1.00 bits per heavy atom. The predicted octanol–water partition coefficient (Wildman–Crippen LogP) is 6.24. The molecule has 1 fully saturated rings. The molecule has 2 aromatic heterocycles. The van der Waals surface area contributed by atoms with Crippen LogP contribution in [0.2, 0.25) is 0 Å². The number of nitrogens with zero attached hydrogens (tertiary/aromatic N) is 4. The van der Waals surface area contributed by atoms with Gasteiger partial charge in [0.2, 0.25) is 0 Å². The second-order valence-corrected chi connectivity index (χ2v) is 9.09. The number of rotatable bonds is 2. The molecule has 2 aliphatic rings. The van der Waals surface area contributed by atoms with Crippen LogP contribution in [0.3, 0.4) is 0 Å². The Morgan fingerprint density at radius 3 is 2.34 bits per heavy atom. The van der Waals surface area contributed by atoms with Gasteiger partial charge in [-0.15, -0.1) is 22.7 Å². The third kappa shape index (κ3) is 3.32. The highest BCUT2D eigenvalue weighted by Crippen LogP contribution is 2.56. The summed E-state index contributed by atoms with van der Waals surface area (Å²) in [7, 11) is 0. The molecule has 1 aliphatic heterocycles. The van der Waals surface area contributed by atoms with Gasteiger partial charge in [0.1, 0.15) is 29.1 Å². The highest BCUT2D eigenvalue weighted by molar-refractivity contribution is 7.23. The molecule has 0 unspecified atom stereocenters. The lowest BCUT2D eigenvalue weighted by Crippen LogP contribution is -2.37. The Labute approximate surface area is 176 Å². The molecule has 7 heteroatoms. The molecule has 140 valence electrons. The van der Waals surface area contributed by atoms with Gasteiger partial charge in [-0.2, -0.15) is 10.5 Å². The van der Waals surface area contributed by atoms with Crippen LogP contribution in [0.4, 0.5) is 0 Å². The van der Waals surface area contributed by atoms with Crippen molar-refractivity contribution >= 4 is 34.8 Å². The second-order valence-electron chi connectivity index (χ2n) is 6.93. The standard InChI is InChI=1S/C22H14N4OS2/c1-26-15(13-25)8-17-9-18-20(28-17)21-19(27-22(18)5-3-2-4-6-22)10-16(29-21)7-14(11-23)12-24/h7-10H,2-6H2/b15-8+.